The van der Waals surface area contributed by atoms with E-state index in [9.17, 15) is 4.79 Å². The van der Waals surface area contributed by atoms with E-state index in [0.717, 1.165) is 44.7 Å². The Kier molecular flexibility index (Phi) is 5.59. The molecule has 1 N–H and O–H groups in total. The van der Waals surface area contributed by atoms with Gasteiger partial charge in [0.05, 0.1) is 17.0 Å². The monoisotopic (exact) mass is 460 g/mol. The molecule has 0 aliphatic rings. The Morgan fingerprint density at radius 3 is 2.66 bits per heavy atom. The van der Waals surface area contributed by atoms with Crippen LogP contribution in [0.3, 0.4) is 0 Å². The first-order valence-corrected chi connectivity index (χ1v) is 12.0. The van der Waals surface area contributed by atoms with E-state index in [4.69, 9.17) is 0 Å². The first-order chi connectivity index (χ1) is 15.6. The number of thioether (sulfide) groups is 1. The highest BCUT2D eigenvalue weighted by atomic mass is 32.2. The largest absolute Gasteiger partial charge is 0.324 e. The molecule has 3 heterocycles. The van der Waals surface area contributed by atoms with Crippen LogP contribution in [0.1, 0.15) is 11.8 Å². The number of aromatic nitrogens is 5. The summed E-state index contributed by atoms with van der Waals surface area (Å²) in [7, 11) is 0. The third kappa shape index (κ3) is 3.85. The van der Waals surface area contributed by atoms with Crippen molar-refractivity contribution in [2.75, 3.05) is 11.1 Å². The summed E-state index contributed by atoms with van der Waals surface area (Å²) in [6.07, 6.45) is 0. The Labute approximate surface area is 192 Å². The molecule has 0 unspecified atom stereocenters. The third-order valence-electron chi connectivity index (χ3n) is 5.09. The van der Waals surface area contributed by atoms with Gasteiger partial charge in [0.1, 0.15) is 5.52 Å². The van der Waals surface area contributed by atoms with Crippen LogP contribution in [-0.4, -0.2) is 36.4 Å². The number of hydrogen-bond acceptors (Lipinski definition) is 7. The van der Waals surface area contributed by atoms with Gasteiger partial charge in [-0.25, -0.2) is 9.97 Å². The number of rotatable bonds is 6. The van der Waals surface area contributed by atoms with Gasteiger partial charge in [0.25, 0.3) is 0 Å². The van der Waals surface area contributed by atoms with Crippen LogP contribution < -0.4 is 5.32 Å². The molecule has 0 saturated heterocycles. The van der Waals surface area contributed by atoms with Crippen molar-refractivity contribution in [3.8, 4) is 11.3 Å². The van der Waals surface area contributed by atoms with Gasteiger partial charge in [-0.05, 0) is 19.9 Å². The van der Waals surface area contributed by atoms with E-state index in [-0.39, 0.29) is 11.7 Å². The predicted molar refractivity (Wildman–Crippen MR) is 130 cm³/mol. The minimum atomic E-state index is -0.150. The van der Waals surface area contributed by atoms with Gasteiger partial charge in [0.15, 0.2) is 10.8 Å². The Bertz CT molecular complexity index is 1430. The summed E-state index contributed by atoms with van der Waals surface area (Å²) >= 11 is 2.73. The summed E-state index contributed by atoms with van der Waals surface area (Å²) in [6.45, 7) is 4.86. The average Bonchev–Trinajstić information content (AvgIpc) is 3.34. The van der Waals surface area contributed by atoms with Crippen molar-refractivity contribution in [3.05, 3.63) is 59.5 Å². The highest BCUT2D eigenvalue weighted by Crippen LogP contribution is 2.30. The molecule has 1 amide bonds. The number of carbonyl (C=O) groups is 1. The van der Waals surface area contributed by atoms with E-state index in [2.05, 4.69) is 43.0 Å². The standard InChI is InChI=1S/C23H20N6OS2/c1-3-29-17-12-8-7-11-16(17)20-21(29)26-23(28-27-20)31-13-18(30)24-22-25-19(14(2)32-22)15-9-5-4-6-10-15/h4-12H,3,13H2,1-2H3,(H,24,25,30). The molecule has 0 aliphatic heterocycles. The lowest BCUT2D eigenvalue weighted by atomic mass is 10.1. The number of nitrogens with zero attached hydrogens (tertiary/aromatic N) is 5. The number of anilines is 1. The van der Waals surface area contributed by atoms with Crippen molar-refractivity contribution in [1.29, 1.82) is 0 Å². The Balaban J connectivity index is 1.31. The molecular formula is C23H20N6OS2. The fourth-order valence-electron chi connectivity index (χ4n) is 3.67. The van der Waals surface area contributed by atoms with Gasteiger partial charge in [-0.2, -0.15) is 0 Å². The van der Waals surface area contributed by atoms with E-state index in [1.165, 1.54) is 23.1 Å². The molecule has 160 valence electrons. The second-order valence-electron chi connectivity index (χ2n) is 7.15. The summed E-state index contributed by atoms with van der Waals surface area (Å²) in [5.74, 6) is 0.0295. The number of carbonyl (C=O) groups excluding carboxylic acids is 1. The molecule has 0 spiro atoms. The van der Waals surface area contributed by atoms with Gasteiger partial charge in [0.2, 0.25) is 11.1 Å². The number of para-hydroxylation sites is 1. The zero-order chi connectivity index (χ0) is 22.1. The quantitative estimate of drug-likeness (QED) is 0.352. The van der Waals surface area contributed by atoms with Crippen LogP contribution >= 0.6 is 23.1 Å². The first-order valence-electron chi connectivity index (χ1n) is 10.2. The maximum atomic E-state index is 12.5. The molecule has 0 bridgehead atoms. The van der Waals surface area contributed by atoms with Gasteiger partial charge >= 0.3 is 0 Å². The molecule has 0 saturated carbocycles. The number of fused-ring (bicyclic) bond motifs is 3. The lowest BCUT2D eigenvalue weighted by Crippen LogP contribution is -2.14. The molecule has 5 aromatic rings. The number of benzene rings is 2. The van der Waals surface area contributed by atoms with E-state index < -0.39 is 0 Å². The lowest BCUT2D eigenvalue weighted by Gasteiger charge is -2.03. The molecule has 32 heavy (non-hydrogen) atoms. The minimum Gasteiger partial charge on any atom is -0.324 e. The third-order valence-corrected chi connectivity index (χ3v) is 6.82. The number of amides is 1. The van der Waals surface area contributed by atoms with Crippen LogP contribution in [-0.2, 0) is 11.3 Å². The van der Waals surface area contributed by atoms with Crippen molar-refractivity contribution in [2.45, 2.75) is 25.5 Å². The maximum absolute atomic E-state index is 12.5. The molecule has 0 atom stereocenters. The molecule has 0 radical (unpaired) electrons. The average molecular weight is 461 g/mol. The van der Waals surface area contributed by atoms with E-state index in [1.807, 2.05) is 55.5 Å². The summed E-state index contributed by atoms with van der Waals surface area (Å²) in [5, 5.41) is 13.6. The lowest BCUT2D eigenvalue weighted by molar-refractivity contribution is -0.113. The first kappa shape index (κ1) is 20.6. The van der Waals surface area contributed by atoms with Crippen LogP contribution in [0.4, 0.5) is 5.13 Å². The molecule has 3 aromatic heterocycles. The molecule has 2 aromatic carbocycles. The van der Waals surface area contributed by atoms with Gasteiger partial charge in [-0.15, -0.1) is 21.5 Å². The maximum Gasteiger partial charge on any atom is 0.236 e. The predicted octanol–water partition coefficient (Wildman–Crippen LogP) is 5.16. The summed E-state index contributed by atoms with van der Waals surface area (Å²) in [5.41, 5.74) is 4.58. The van der Waals surface area contributed by atoms with Crippen molar-refractivity contribution in [2.24, 2.45) is 0 Å². The van der Waals surface area contributed by atoms with E-state index in [0.29, 0.717) is 10.3 Å². The zero-order valence-electron chi connectivity index (χ0n) is 17.6. The van der Waals surface area contributed by atoms with Crippen molar-refractivity contribution >= 4 is 56.2 Å². The summed E-state index contributed by atoms with van der Waals surface area (Å²) < 4.78 is 2.12. The number of thiazole rings is 1. The van der Waals surface area contributed by atoms with Gasteiger partial charge in [0, 0.05) is 22.4 Å². The van der Waals surface area contributed by atoms with Crippen LogP contribution in [0.5, 0.6) is 0 Å². The van der Waals surface area contributed by atoms with Crippen molar-refractivity contribution < 1.29 is 4.79 Å². The molecule has 0 fully saturated rings. The number of hydrogen-bond donors (Lipinski definition) is 1. The van der Waals surface area contributed by atoms with Gasteiger partial charge in [-0.3, -0.25) is 4.79 Å². The fourth-order valence-corrected chi connectivity index (χ4v) is 5.10. The van der Waals surface area contributed by atoms with Gasteiger partial charge < -0.3 is 9.88 Å². The second kappa shape index (κ2) is 8.68. The SMILES string of the molecule is CCn1c2ccccc2c2nnc(SCC(=O)Nc3nc(-c4ccccc4)c(C)s3)nc21. The zero-order valence-corrected chi connectivity index (χ0v) is 19.2. The number of nitrogens with one attached hydrogen (secondary N) is 1. The van der Waals surface area contributed by atoms with Crippen molar-refractivity contribution in [3.63, 3.8) is 0 Å². The topological polar surface area (TPSA) is 85.6 Å². The Hall–Kier alpha value is -3.30. The second-order valence-corrected chi connectivity index (χ2v) is 9.30. The molecule has 0 aliphatic carbocycles. The normalized spacial score (nSPS) is 11.3. The molecule has 9 heteroatoms. The highest BCUT2D eigenvalue weighted by molar-refractivity contribution is 7.99. The van der Waals surface area contributed by atoms with E-state index >= 15 is 0 Å². The summed E-state index contributed by atoms with van der Waals surface area (Å²) in [4.78, 5) is 22.9. The van der Waals surface area contributed by atoms with Crippen LogP contribution in [0.2, 0.25) is 0 Å². The fraction of sp³-hybridized carbons (Fsp3) is 0.174. The number of aryl methyl sites for hydroxylation is 2. The van der Waals surface area contributed by atoms with Crippen molar-refractivity contribution in [1.82, 2.24) is 24.7 Å². The van der Waals surface area contributed by atoms with Gasteiger partial charge in [-0.1, -0.05) is 60.3 Å². The highest BCUT2D eigenvalue weighted by Gasteiger charge is 2.16. The molecular weight excluding hydrogens is 440 g/mol. The molecule has 5 rings (SSSR count). The van der Waals surface area contributed by atoms with Crippen LogP contribution in [0.25, 0.3) is 33.3 Å². The Morgan fingerprint density at radius 2 is 1.84 bits per heavy atom. The van der Waals surface area contributed by atoms with E-state index in [1.54, 1.807) is 0 Å². The smallest absolute Gasteiger partial charge is 0.236 e. The minimum absolute atomic E-state index is 0.150. The van der Waals surface area contributed by atoms with Crippen LogP contribution in [0.15, 0.2) is 59.8 Å². The molecule has 7 nitrogen and oxygen atoms in total. The summed E-state index contributed by atoms with van der Waals surface area (Å²) in [6, 6.07) is 18.0. The Morgan fingerprint density at radius 1 is 1.06 bits per heavy atom. The van der Waals surface area contributed by atoms with Crippen LogP contribution in [0, 0.1) is 6.92 Å².